The molecule has 12 nitrogen and oxygen atoms in total. The van der Waals surface area contributed by atoms with Gasteiger partial charge in [0.2, 0.25) is 5.91 Å². The summed E-state index contributed by atoms with van der Waals surface area (Å²) in [6, 6.07) is 18.1. The second-order valence-electron chi connectivity index (χ2n) is 16.4. The fourth-order valence-electron chi connectivity index (χ4n) is 9.28. The summed E-state index contributed by atoms with van der Waals surface area (Å²) in [7, 11) is 5.26. The van der Waals surface area contributed by atoms with Crippen molar-refractivity contribution in [3.05, 3.63) is 83.4 Å². The van der Waals surface area contributed by atoms with Crippen molar-refractivity contribution in [2.24, 2.45) is 29.1 Å². The van der Waals surface area contributed by atoms with Crippen LogP contribution in [0.25, 0.3) is 11.1 Å². The molecule has 0 radical (unpaired) electrons. The molecule has 7 rings (SSSR count). The number of carboxylic acid groups (broad SMARTS) is 1. The molecule has 12 heteroatoms. The minimum Gasteiger partial charge on any atom is -0.496 e. The fourth-order valence-corrected chi connectivity index (χ4v) is 9.28. The van der Waals surface area contributed by atoms with Crippen molar-refractivity contribution in [2.75, 3.05) is 32.7 Å². The molecule has 2 bridgehead atoms. The number of methoxy groups -OCH3 is 1. The third kappa shape index (κ3) is 8.09. The number of hydrogen-bond acceptors (Lipinski definition) is 9. The molecular formula is C43H56N4O8. The number of hydrogen-bond donors (Lipinski definition) is 5. The van der Waals surface area contributed by atoms with Crippen molar-refractivity contribution in [1.82, 2.24) is 15.7 Å². The van der Waals surface area contributed by atoms with Gasteiger partial charge in [-0.05, 0) is 72.3 Å². The molecule has 55 heavy (non-hydrogen) atoms. The van der Waals surface area contributed by atoms with Crippen LogP contribution in [0.15, 0.2) is 66.7 Å². The molecule has 1 heterocycles. The third-order valence-corrected chi connectivity index (χ3v) is 12.6. The molecule has 5 N–H and O–H groups in total. The van der Waals surface area contributed by atoms with Crippen LogP contribution in [0.2, 0.25) is 0 Å². The van der Waals surface area contributed by atoms with E-state index in [4.69, 9.17) is 9.57 Å². The number of carboxylic acids is 1. The number of fused-ring (bicyclic) bond motifs is 2. The van der Waals surface area contributed by atoms with Crippen LogP contribution in [0.1, 0.15) is 62.0 Å². The maximum atomic E-state index is 14.2. The molecule has 4 aliphatic rings. The molecular weight excluding hydrogens is 700 g/mol. The third-order valence-electron chi connectivity index (χ3n) is 12.6. The Morgan fingerprint density at radius 1 is 1.05 bits per heavy atom. The van der Waals surface area contributed by atoms with E-state index in [0.717, 1.165) is 12.0 Å². The van der Waals surface area contributed by atoms with Gasteiger partial charge in [-0.3, -0.25) is 14.4 Å². The zero-order valence-electron chi connectivity index (χ0n) is 32.9. The molecule has 3 aromatic rings. The van der Waals surface area contributed by atoms with Gasteiger partial charge in [0.1, 0.15) is 23.9 Å². The number of ether oxygens (including phenoxy) is 1. The first-order valence-electron chi connectivity index (χ1n) is 19.2. The van der Waals surface area contributed by atoms with E-state index in [0.29, 0.717) is 45.9 Å². The Morgan fingerprint density at radius 3 is 2.38 bits per heavy atom. The monoisotopic (exact) mass is 756 g/mol. The summed E-state index contributed by atoms with van der Waals surface area (Å²) < 4.78 is 6.03. The lowest BCUT2D eigenvalue weighted by molar-refractivity contribution is -0.183. The first-order valence-corrected chi connectivity index (χ1v) is 19.2. The maximum absolute atomic E-state index is 14.2. The number of hydroxylamine groups is 2. The van der Waals surface area contributed by atoms with Crippen molar-refractivity contribution in [2.45, 2.75) is 83.8 Å². The van der Waals surface area contributed by atoms with E-state index in [1.54, 1.807) is 31.2 Å². The Labute approximate surface area is 323 Å². The summed E-state index contributed by atoms with van der Waals surface area (Å²) >= 11 is 0. The van der Waals surface area contributed by atoms with Gasteiger partial charge >= 0.3 is 5.97 Å². The lowest BCUT2D eigenvalue weighted by Crippen LogP contribution is -2.62. The van der Waals surface area contributed by atoms with Gasteiger partial charge in [-0.15, -0.1) is 0 Å². The maximum Gasteiger partial charge on any atom is 0.326 e. The van der Waals surface area contributed by atoms with Gasteiger partial charge in [0.15, 0.2) is 0 Å². The molecule has 3 aromatic carbocycles. The van der Waals surface area contributed by atoms with Crippen LogP contribution < -0.4 is 20.3 Å². The molecule has 0 aromatic heterocycles. The van der Waals surface area contributed by atoms with Crippen LogP contribution in [-0.4, -0.2) is 96.3 Å². The molecule has 3 saturated carbocycles. The van der Waals surface area contributed by atoms with E-state index >= 15 is 0 Å². The summed E-state index contributed by atoms with van der Waals surface area (Å²) in [5, 5.41) is 38.8. The Morgan fingerprint density at radius 2 is 1.78 bits per heavy atom. The minimum absolute atomic E-state index is 0.00583. The molecule has 4 fully saturated rings. The molecule has 1 saturated heterocycles. The second-order valence-corrected chi connectivity index (χ2v) is 16.4. The van der Waals surface area contributed by atoms with Crippen molar-refractivity contribution in [3.63, 3.8) is 0 Å². The molecule has 2 amide bonds. The van der Waals surface area contributed by atoms with Gasteiger partial charge in [0.05, 0.1) is 26.4 Å². The zero-order valence-corrected chi connectivity index (χ0v) is 32.9. The standard InChI is InChI=1S/C43H56N4O8/c1-24-33-20-30(43(33,3)4)21-34(24)44-41(51)38-37(25(2)49)36(23-48)55-47(38)22-27-14-11-15-32(39(27)54-7)28-17-29(19-31(18-28)46(5)6)40(50)45-35(42(52)53)16-26-12-9-8-10-13-26/h8-15,17-19,24-25,30,33-38,48-49H,16,20-23H2,1-7H3,(H,44,51)(H,45,50)(H,52,53)/t24-,25-,30+,33-,34-,35?,36-,37+,38-/m0/s1. The van der Waals surface area contributed by atoms with Crippen molar-refractivity contribution >= 4 is 23.5 Å². The number of nitrogens with one attached hydrogen (secondary N) is 2. The number of carbonyl (C=O) groups is 3. The van der Waals surface area contributed by atoms with E-state index in [9.17, 15) is 29.7 Å². The summed E-state index contributed by atoms with van der Waals surface area (Å²) in [5.74, 6) is -0.722. The number of aliphatic hydroxyl groups excluding tert-OH is 2. The molecule has 0 spiro atoms. The quantitative estimate of drug-likeness (QED) is 0.158. The Bertz CT molecular complexity index is 1870. The van der Waals surface area contributed by atoms with Gasteiger partial charge in [-0.1, -0.05) is 69.3 Å². The molecule has 1 unspecified atom stereocenters. The van der Waals surface area contributed by atoms with Crippen molar-refractivity contribution < 1.29 is 39.3 Å². The number of carbonyl (C=O) groups excluding carboxylic acids is 2. The second kappa shape index (κ2) is 16.3. The average molecular weight is 757 g/mol. The summed E-state index contributed by atoms with van der Waals surface area (Å²) in [5.41, 5.74) is 4.05. The van der Waals surface area contributed by atoms with Crippen LogP contribution in [0, 0.1) is 29.1 Å². The van der Waals surface area contributed by atoms with Crippen LogP contribution in [0.5, 0.6) is 5.75 Å². The zero-order chi connectivity index (χ0) is 39.8. The fraction of sp³-hybridized carbons (Fsp3) is 0.512. The number of para-hydroxylation sites is 1. The average Bonchev–Trinajstić information content (AvgIpc) is 3.53. The van der Waals surface area contributed by atoms with Crippen LogP contribution in [0.3, 0.4) is 0 Å². The predicted octanol–water partition coefficient (Wildman–Crippen LogP) is 4.51. The summed E-state index contributed by atoms with van der Waals surface area (Å²) in [4.78, 5) is 48.3. The number of amides is 2. The highest BCUT2D eigenvalue weighted by atomic mass is 16.7. The first kappa shape index (κ1) is 40.2. The van der Waals surface area contributed by atoms with Crippen LogP contribution >= 0.6 is 0 Å². The Hall–Kier alpha value is -4.49. The summed E-state index contributed by atoms with van der Waals surface area (Å²) in [6.45, 7) is 8.20. The molecule has 9 atom stereocenters. The SMILES string of the molecule is COc1c(CN2O[C@@H](CO)[C@@H]([C@H](C)O)[C@H]2C(=O)N[C@H]2C[C@H]3C[C@@H]([C@@H]2C)C3(C)C)cccc1-c1cc(C(=O)NC(Cc2ccccc2)C(=O)O)cc(N(C)C)c1. The van der Waals surface area contributed by atoms with Gasteiger partial charge in [-0.25, -0.2) is 4.79 Å². The Balaban J connectivity index is 1.29. The summed E-state index contributed by atoms with van der Waals surface area (Å²) in [6.07, 6.45) is 0.475. The Kier molecular flexibility index (Phi) is 11.9. The van der Waals surface area contributed by atoms with E-state index < -0.39 is 42.1 Å². The predicted molar refractivity (Wildman–Crippen MR) is 209 cm³/mol. The van der Waals surface area contributed by atoms with Crippen molar-refractivity contribution in [1.29, 1.82) is 0 Å². The number of rotatable bonds is 14. The molecule has 1 aliphatic heterocycles. The van der Waals surface area contributed by atoms with Crippen LogP contribution in [0.4, 0.5) is 5.69 Å². The first-order chi connectivity index (χ1) is 26.1. The van der Waals surface area contributed by atoms with Crippen LogP contribution in [-0.2, 0) is 27.4 Å². The van der Waals surface area contributed by atoms with E-state index in [1.807, 2.05) is 73.6 Å². The van der Waals surface area contributed by atoms with E-state index in [2.05, 4.69) is 31.4 Å². The van der Waals surface area contributed by atoms with Gasteiger partial charge < -0.3 is 35.6 Å². The number of aliphatic carboxylic acids is 1. The number of benzene rings is 3. The minimum atomic E-state index is -1.14. The highest BCUT2D eigenvalue weighted by Gasteiger charge is 2.57. The lowest BCUT2D eigenvalue weighted by Gasteiger charge is -2.62. The van der Waals surface area contributed by atoms with Gasteiger partial charge in [0.25, 0.3) is 5.91 Å². The molecule has 296 valence electrons. The number of nitrogens with zero attached hydrogens (tertiary/aromatic N) is 2. The highest BCUT2D eigenvalue weighted by molar-refractivity contribution is 5.99. The van der Waals surface area contributed by atoms with Gasteiger partial charge in [-0.2, -0.15) is 5.06 Å². The van der Waals surface area contributed by atoms with Crippen molar-refractivity contribution in [3.8, 4) is 16.9 Å². The smallest absolute Gasteiger partial charge is 0.326 e. The molecule has 3 aliphatic carbocycles. The normalized spacial score (nSPS) is 26.7. The largest absolute Gasteiger partial charge is 0.496 e. The number of anilines is 1. The highest BCUT2D eigenvalue weighted by Crippen LogP contribution is 2.61. The van der Waals surface area contributed by atoms with E-state index in [1.165, 1.54) is 6.42 Å². The van der Waals surface area contributed by atoms with E-state index in [-0.39, 0.29) is 42.5 Å². The lowest BCUT2D eigenvalue weighted by atomic mass is 9.45. The topological polar surface area (TPSA) is 161 Å². The van der Waals surface area contributed by atoms with Gasteiger partial charge in [0, 0.05) is 54.9 Å². The number of aliphatic hydroxyl groups is 2.